The number of hydrogen-bond donors (Lipinski definition) is 2. The van der Waals surface area contributed by atoms with Gasteiger partial charge in [-0.25, -0.2) is 4.79 Å². The molecule has 0 heterocycles. The minimum atomic E-state index is -0.989. The molecule has 2 N–H and O–H groups in total. The van der Waals surface area contributed by atoms with Crippen LogP contribution in [0.3, 0.4) is 0 Å². The summed E-state index contributed by atoms with van der Waals surface area (Å²) in [6.45, 7) is 5.88. The second-order valence-electron chi connectivity index (χ2n) is 6.76. The molecule has 0 radical (unpaired) electrons. The lowest BCUT2D eigenvalue weighted by molar-refractivity contribution is -0.138. The molecule has 1 aliphatic carbocycles. The van der Waals surface area contributed by atoms with Gasteiger partial charge in [0.1, 0.15) is 6.54 Å². The molecule has 5 nitrogen and oxygen atoms in total. The zero-order chi connectivity index (χ0) is 16.1. The number of carbonyl (C=O) groups excluding carboxylic acids is 1. The van der Waals surface area contributed by atoms with E-state index in [9.17, 15) is 9.59 Å². The summed E-state index contributed by atoms with van der Waals surface area (Å²) in [7, 11) is 0. The number of nitrogens with one attached hydrogen (secondary N) is 1. The van der Waals surface area contributed by atoms with Gasteiger partial charge in [0, 0.05) is 16.8 Å². The normalized spacial score (nSPS) is 18.1. The summed E-state index contributed by atoms with van der Waals surface area (Å²) in [6.07, 6.45) is 8.00. The van der Waals surface area contributed by atoms with Gasteiger partial charge in [-0.3, -0.25) is 4.79 Å². The van der Waals surface area contributed by atoms with Crippen molar-refractivity contribution in [1.29, 1.82) is 0 Å². The molecule has 1 aliphatic rings. The van der Waals surface area contributed by atoms with E-state index < -0.39 is 11.5 Å². The summed E-state index contributed by atoms with van der Waals surface area (Å²) < 4.78 is 0.112. The van der Waals surface area contributed by atoms with Crippen LogP contribution in [0.4, 0.5) is 4.79 Å². The van der Waals surface area contributed by atoms with Crippen molar-refractivity contribution < 1.29 is 14.7 Å². The van der Waals surface area contributed by atoms with Crippen LogP contribution in [-0.4, -0.2) is 51.6 Å². The van der Waals surface area contributed by atoms with E-state index in [-0.39, 0.29) is 17.3 Å². The molecule has 0 saturated heterocycles. The van der Waals surface area contributed by atoms with Gasteiger partial charge >= 0.3 is 12.0 Å². The molecular weight excluding hydrogens is 288 g/mol. The maximum atomic E-state index is 12.4. The van der Waals surface area contributed by atoms with E-state index in [0.29, 0.717) is 6.54 Å². The number of rotatable bonds is 5. The lowest BCUT2D eigenvalue weighted by Crippen LogP contribution is -2.54. The number of nitrogens with zero attached hydrogens (tertiary/aromatic N) is 1. The Morgan fingerprint density at radius 1 is 1.24 bits per heavy atom. The summed E-state index contributed by atoms with van der Waals surface area (Å²) in [4.78, 5) is 24.7. The van der Waals surface area contributed by atoms with Crippen LogP contribution in [0.15, 0.2) is 0 Å². The third-order valence-electron chi connectivity index (χ3n) is 4.11. The van der Waals surface area contributed by atoms with Crippen LogP contribution in [0.5, 0.6) is 0 Å². The smallest absolute Gasteiger partial charge is 0.323 e. The van der Waals surface area contributed by atoms with Crippen molar-refractivity contribution in [2.24, 2.45) is 0 Å². The van der Waals surface area contributed by atoms with Gasteiger partial charge in [0.05, 0.1) is 0 Å². The first kappa shape index (κ1) is 18.1. The molecular formula is C15H28N2O3S. The lowest BCUT2D eigenvalue weighted by Gasteiger charge is -2.38. The highest BCUT2D eigenvalue weighted by molar-refractivity contribution is 8.00. The Hall–Kier alpha value is -0.910. The second kappa shape index (κ2) is 7.38. The largest absolute Gasteiger partial charge is 0.480 e. The molecule has 0 aromatic carbocycles. The zero-order valence-electron chi connectivity index (χ0n) is 13.6. The molecule has 0 aromatic rings. The lowest BCUT2D eigenvalue weighted by atomic mass is 9.88. The Morgan fingerprint density at radius 3 is 2.24 bits per heavy atom. The molecule has 122 valence electrons. The predicted molar refractivity (Wildman–Crippen MR) is 86.8 cm³/mol. The highest BCUT2D eigenvalue weighted by atomic mass is 32.2. The highest BCUT2D eigenvalue weighted by Gasteiger charge is 2.34. The third-order valence-corrected chi connectivity index (χ3v) is 5.53. The van der Waals surface area contributed by atoms with Gasteiger partial charge in [0.2, 0.25) is 0 Å². The van der Waals surface area contributed by atoms with Crippen molar-refractivity contribution in [3.63, 3.8) is 0 Å². The Labute approximate surface area is 131 Å². The van der Waals surface area contributed by atoms with Gasteiger partial charge in [-0.2, -0.15) is 11.8 Å². The monoisotopic (exact) mass is 316 g/mol. The van der Waals surface area contributed by atoms with Crippen LogP contribution < -0.4 is 5.32 Å². The summed E-state index contributed by atoms with van der Waals surface area (Å²) in [5, 5.41) is 11.9. The van der Waals surface area contributed by atoms with E-state index in [2.05, 4.69) is 11.6 Å². The first-order valence-electron chi connectivity index (χ1n) is 7.53. The zero-order valence-corrected chi connectivity index (χ0v) is 14.4. The summed E-state index contributed by atoms with van der Waals surface area (Å²) >= 11 is 1.82. The van der Waals surface area contributed by atoms with Crippen molar-refractivity contribution in [1.82, 2.24) is 10.2 Å². The van der Waals surface area contributed by atoms with E-state index in [1.54, 1.807) is 0 Å². The number of carbonyl (C=O) groups is 2. The molecule has 1 fully saturated rings. The van der Waals surface area contributed by atoms with Crippen molar-refractivity contribution in [3.05, 3.63) is 0 Å². The van der Waals surface area contributed by atoms with Crippen LogP contribution in [0, 0.1) is 0 Å². The van der Waals surface area contributed by atoms with Crippen LogP contribution >= 0.6 is 11.8 Å². The number of hydrogen-bond acceptors (Lipinski definition) is 3. The summed E-state index contributed by atoms with van der Waals surface area (Å²) in [6, 6.07) is -0.288. The standard InChI is InChI=1S/C15H28N2O3S/c1-14(2,3)17(10-12(18)19)13(20)16-11-15(21-4)8-6-5-7-9-15/h5-11H2,1-4H3,(H,16,20)(H,18,19). The number of aliphatic carboxylic acids is 1. The fourth-order valence-electron chi connectivity index (χ4n) is 2.73. The number of carboxylic acid groups (broad SMARTS) is 1. The summed E-state index contributed by atoms with van der Waals surface area (Å²) in [5.74, 6) is -0.989. The molecule has 0 aliphatic heterocycles. The number of amides is 2. The van der Waals surface area contributed by atoms with E-state index in [4.69, 9.17) is 5.11 Å². The van der Waals surface area contributed by atoms with Gasteiger partial charge in [0.25, 0.3) is 0 Å². The molecule has 0 aromatic heterocycles. The van der Waals surface area contributed by atoms with E-state index in [1.165, 1.54) is 24.2 Å². The van der Waals surface area contributed by atoms with Gasteiger partial charge in [-0.05, 0) is 39.9 Å². The quantitative estimate of drug-likeness (QED) is 0.818. The molecule has 1 rings (SSSR count). The number of thioether (sulfide) groups is 1. The third kappa shape index (κ3) is 5.41. The van der Waals surface area contributed by atoms with Crippen molar-refractivity contribution >= 4 is 23.8 Å². The fraction of sp³-hybridized carbons (Fsp3) is 0.867. The van der Waals surface area contributed by atoms with Crippen LogP contribution in [-0.2, 0) is 4.79 Å². The Kier molecular flexibility index (Phi) is 6.38. The fourth-order valence-corrected chi connectivity index (χ4v) is 3.64. The minimum absolute atomic E-state index is 0.112. The minimum Gasteiger partial charge on any atom is -0.480 e. The van der Waals surface area contributed by atoms with Crippen LogP contribution in [0.25, 0.3) is 0 Å². The Bertz CT molecular complexity index is 374. The van der Waals surface area contributed by atoms with Gasteiger partial charge in [-0.15, -0.1) is 0 Å². The SMILES string of the molecule is CSC1(CNC(=O)N(CC(=O)O)C(C)(C)C)CCCCC1. The first-order valence-corrected chi connectivity index (χ1v) is 8.75. The highest BCUT2D eigenvalue weighted by Crippen LogP contribution is 2.38. The molecule has 21 heavy (non-hydrogen) atoms. The second-order valence-corrected chi connectivity index (χ2v) is 8.03. The van der Waals surface area contributed by atoms with E-state index in [1.807, 2.05) is 32.5 Å². The molecule has 0 atom stereocenters. The van der Waals surface area contributed by atoms with Crippen molar-refractivity contribution in [2.45, 2.75) is 63.2 Å². The average molecular weight is 316 g/mol. The van der Waals surface area contributed by atoms with Gasteiger partial charge in [-0.1, -0.05) is 19.3 Å². The molecule has 6 heteroatoms. The predicted octanol–water partition coefficient (Wildman–Crippen LogP) is 2.95. The molecule has 1 saturated carbocycles. The van der Waals surface area contributed by atoms with Gasteiger partial charge in [0.15, 0.2) is 0 Å². The number of carboxylic acids is 1. The molecule has 0 unspecified atom stereocenters. The molecule has 0 bridgehead atoms. The maximum absolute atomic E-state index is 12.4. The average Bonchev–Trinajstić information content (AvgIpc) is 2.42. The number of urea groups is 1. The first-order chi connectivity index (χ1) is 9.70. The van der Waals surface area contributed by atoms with Crippen LogP contribution in [0.1, 0.15) is 52.9 Å². The maximum Gasteiger partial charge on any atom is 0.323 e. The molecule has 2 amide bonds. The Balaban J connectivity index is 2.66. The van der Waals surface area contributed by atoms with E-state index >= 15 is 0 Å². The topological polar surface area (TPSA) is 69.6 Å². The van der Waals surface area contributed by atoms with Crippen LogP contribution in [0.2, 0.25) is 0 Å². The van der Waals surface area contributed by atoms with E-state index in [0.717, 1.165) is 12.8 Å². The summed E-state index contributed by atoms with van der Waals surface area (Å²) in [5.41, 5.74) is -0.512. The molecule has 0 spiro atoms. The van der Waals surface area contributed by atoms with Crippen molar-refractivity contribution in [3.8, 4) is 0 Å². The Morgan fingerprint density at radius 2 is 1.81 bits per heavy atom. The van der Waals surface area contributed by atoms with Crippen molar-refractivity contribution in [2.75, 3.05) is 19.3 Å². The van der Waals surface area contributed by atoms with Gasteiger partial charge < -0.3 is 15.3 Å².